The smallest absolute Gasteiger partial charge is 0.220 e. The van der Waals surface area contributed by atoms with Crippen molar-refractivity contribution in [2.75, 3.05) is 0 Å². The Hall–Kier alpha value is -5.03. The monoisotopic (exact) mass is 676 g/mol. The van der Waals surface area contributed by atoms with Gasteiger partial charge in [0.1, 0.15) is 18.4 Å². The fraction of sp³-hybridized carbons (Fsp3) is 0.326. The Morgan fingerprint density at radius 3 is 1.02 bits per heavy atom. The predicted octanol–water partition coefficient (Wildman–Crippen LogP) is 9.88. The van der Waals surface area contributed by atoms with Gasteiger partial charge in [-0.2, -0.15) is 13.7 Å². The summed E-state index contributed by atoms with van der Waals surface area (Å²) in [5, 5.41) is 0. The Kier molecular flexibility index (Phi) is 8.95. The van der Waals surface area contributed by atoms with Gasteiger partial charge in [-0.3, -0.25) is 0 Å². The van der Waals surface area contributed by atoms with E-state index in [1.807, 2.05) is 0 Å². The minimum Gasteiger partial charge on any atom is -0.220 e. The van der Waals surface area contributed by atoms with Crippen molar-refractivity contribution < 1.29 is 13.7 Å². The summed E-state index contributed by atoms with van der Waals surface area (Å²) in [6, 6.07) is 38.3. The second-order valence-electron chi connectivity index (χ2n) is 15.5. The summed E-state index contributed by atoms with van der Waals surface area (Å²) in [6.07, 6.45) is 0. The van der Waals surface area contributed by atoms with Crippen LogP contribution < -0.4 is 13.7 Å². The summed E-state index contributed by atoms with van der Waals surface area (Å²) < 4.78 is 12.3. The summed E-state index contributed by atoms with van der Waals surface area (Å²) in [4.78, 5) is 0. The van der Waals surface area contributed by atoms with Gasteiger partial charge in [0.05, 0.1) is 14.1 Å². The van der Waals surface area contributed by atoms with Gasteiger partial charge in [0.25, 0.3) is 11.4 Å². The average Bonchev–Trinajstić information content (AvgIpc) is 3.57. The molecule has 5 nitrogen and oxygen atoms in total. The standard InChI is InChI=1S/C46H54N5/c1-29(2)33-19-16-20-34(30(3)4)43(33)50-39-25-14-12-23-37(39)48(10)45(50)41-27-18-28-42(47(41)9)46-49(11)38-24-13-15-26-40(38)51(46)44-35(31(5)6)21-17-22-36(44)32(7)8/h12-32H,1-11H3/q+3. The van der Waals surface area contributed by atoms with Crippen molar-refractivity contribution in [3.8, 4) is 34.4 Å². The second-order valence-corrected chi connectivity index (χ2v) is 15.5. The number of nitrogens with zero attached hydrogens (tertiary/aromatic N) is 5. The van der Waals surface area contributed by atoms with E-state index in [1.165, 1.54) is 55.7 Å². The fourth-order valence-electron chi connectivity index (χ4n) is 8.23. The normalized spacial score (nSPS) is 12.1. The maximum absolute atomic E-state index is 2.54. The highest BCUT2D eigenvalue weighted by atomic mass is 15.2. The van der Waals surface area contributed by atoms with Gasteiger partial charge in [0, 0.05) is 34.4 Å². The topological polar surface area (TPSA) is 21.5 Å². The molecule has 0 radical (unpaired) electrons. The molecule has 0 N–H and O–H groups in total. The van der Waals surface area contributed by atoms with Gasteiger partial charge in [0.2, 0.25) is 0 Å². The van der Waals surface area contributed by atoms with E-state index >= 15 is 0 Å². The van der Waals surface area contributed by atoms with Crippen molar-refractivity contribution in [3.05, 3.63) is 125 Å². The van der Waals surface area contributed by atoms with E-state index in [0.29, 0.717) is 23.7 Å². The van der Waals surface area contributed by atoms with Gasteiger partial charge >= 0.3 is 11.6 Å². The molecule has 0 bridgehead atoms. The van der Waals surface area contributed by atoms with Crippen molar-refractivity contribution >= 4 is 22.1 Å². The minimum atomic E-state index is 0.365. The summed E-state index contributed by atoms with van der Waals surface area (Å²) in [6.45, 7) is 18.5. The predicted molar refractivity (Wildman–Crippen MR) is 211 cm³/mol. The molecule has 0 unspecified atom stereocenters. The zero-order valence-electron chi connectivity index (χ0n) is 32.4. The third-order valence-electron chi connectivity index (χ3n) is 10.8. The highest BCUT2D eigenvalue weighted by Gasteiger charge is 2.39. The minimum absolute atomic E-state index is 0.365. The SMILES string of the molecule is CC(C)c1cccc(C(C)C)c1-n1c(-c2cccc(-c3n(-c4c(C(C)C)cccc4C(C)C)c4ccccc4[n+]3C)[n+]2C)[n+](C)c2ccccc21. The first-order valence-corrected chi connectivity index (χ1v) is 18.7. The van der Waals surface area contributed by atoms with E-state index in [2.05, 4.69) is 202 Å². The van der Waals surface area contributed by atoms with Crippen LogP contribution in [0.4, 0.5) is 0 Å². The van der Waals surface area contributed by atoms with Crippen molar-refractivity contribution in [1.82, 2.24) is 9.13 Å². The van der Waals surface area contributed by atoms with Crippen LogP contribution >= 0.6 is 0 Å². The molecule has 7 aromatic rings. The summed E-state index contributed by atoms with van der Waals surface area (Å²) in [5.74, 6) is 3.78. The Balaban J connectivity index is 1.61. The molecule has 0 atom stereocenters. The van der Waals surface area contributed by atoms with E-state index in [9.17, 15) is 0 Å². The van der Waals surface area contributed by atoms with Gasteiger partial charge in [-0.15, -0.1) is 0 Å². The van der Waals surface area contributed by atoms with Crippen molar-refractivity contribution in [2.24, 2.45) is 21.1 Å². The van der Waals surface area contributed by atoms with Crippen LogP contribution in [0.5, 0.6) is 0 Å². The molecule has 3 aromatic heterocycles. The molecule has 0 fully saturated rings. The van der Waals surface area contributed by atoms with Crippen molar-refractivity contribution in [1.29, 1.82) is 0 Å². The first-order valence-electron chi connectivity index (χ1n) is 18.7. The van der Waals surface area contributed by atoms with Crippen LogP contribution in [0, 0.1) is 0 Å². The lowest BCUT2D eigenvalue weighted by atomic mass is 9.92. The molecule has 51 heavy (non-hydrogen) atoms. The zero-order valence-corrected chi connectivity index (χ0v) is 32.4. The van der Waals surface area contributed by atoms with Crippen LogP contribution in [0.15, 0.2) is 103 Å². The molecular formula is C46H54N5+3. The molecule has 0 saturated carbocycles. The lowest BCUT2D eigenvalue weighted by molar-refractivity contribution is -0.685. The van der Waals surface area contributed by atoms with Gasteiger partial charge in [-0.25, -0.2) is 9.13 Å². The lowest BCUT2D eigenvalue weighted by Gasteiger charge is -2.18. The lowest BCUT2D eigenvalue weighted by Crippen LogP contribution is -2.43. The fourth-order valence-corrected chi connectivity index (χ4v) is 8.23. The molecule has 0 amide bonds. The molecule has 0 aliphatic rings. The molecule has 0 saturated heterocycles. The number of hydrogen-bond acceptors (Lipinski definition) is 0. The van der Waals surface area contributed by atoms with Crippen LogP contribution in [-0.2, 0) is 21.1 Å². The van der Waals surface area contributed by atoms with Gasteiger partial charge in [-0.1, -0.05) is 116 Å². The number of rotatable bonds is 8. The van der Waals surface area contributed by atoms with E-state index < -0.39 is 0 Å². The summed E-state index contributed by atoms with van der Waals surface area (Å²) in [7, 11) is 6.68. The summed E-state index contributed by atoms with van der Waals surface area (Å²) >= 11 is 0. The first kappa shape index (κ1) is 34.4. The van der Waals surface area contributed by atoms with Gasteiger partial charge in [-0.05, 0) is 54.0 Å². The van der Waals surface area contributed by atoms with Crippen LogP contribution in [0.2, 0.25) is 0 Å². The number of pyridine rings is 1. The Morgan fingerprint density at radius 2 is 0.686 bits per heavy atom. The third-order valence-corrected chi connectivity index (χ3v) is 10.8. The summed E-state index contributed by atoms with van der Waals surface area (Å²) in [5.41, 5.74) is 15.2. The van der Waals surface area contributed by atoms with E-state index in [1.54, 1.807) is 0 Å². The van der Waals surface area contributed by atoms with Gasteiger partial charge in [0.15, 0.2) is 22.1 Å². The number of benzene rings is 4. The largest absolute Gasteiger partial charge is 0.360 e. The highest BCUT2D eigenvalue weighted by molar-refractivity contribution is 5.81. The number of fused-ring (bicyclic) bond motifs is 2. The second kappa shape index (κ2) is 13.3. The molecule has 0 aliphatic carbocycles. The molecule has 0 spiro atoms. The molecule has 7 rings (SSSR count). The van der Waals surface area contributed by atoms with Crippen LogP contribution in [0.3, 0.4) is 0 Å². The average molecular weight is 677 g/mol. The molecular weight excluding hydrogens is 623 g/mol. The van der Waals surface area contributed by atoms with E-state index in [0.717, 1.165) is 23.0 Å². The first-order chi connectivity index (χ1) is 24.4. The maximum Gasteiger partial charge on any atom is 0.360 e. The van der Waals surface area contributed by atoms with E-state index in [-0.39, 0.29) is 0 Å². The number of para-hydroxylation sites is 6. The molecule has 260 valence electrons. The Bertz CT molecular complexity index is 2200. The third kappa shape index (κ3) is 5.49. The number of aryl methyl sites for hydroxylation is 2. The molecule has 4 aromatic carbocycles. The Labute approximate surface area is 304 Å². The number of imidazole rings is 2. The van der Waals surface area contributed by atoms with Crippen LogP contribution in [-0.4, -0.2) is 9.13 Å². The van der Waals surface area contributed by atoms with Crippen molar-refractivity contribution in [3.63, 3.8) is 0 Å². The maximum atomic E-state index is 2.54. The number of hydrogen-bond donors (Lipinski definition) is 0. The number of aromatic nitrogens is 5. The van der Waals surface area contributed by atoms with Crippen LogP contribution in [0.1, 0.15) is 101 Å². The highest BCUT2D eigenvalue weighted by Crippen LogP contribution is 2.38. The molecule has 0 aliphatic heterocycles. The van der Waals surface area contributed by atoms with Crippen molar-refractivity contribution in [2.45, 2.75) is 79.1 Å². The zero-order chi connectivity index (χ0) is 36.3. The van der Waals surface area contributed by atoms with E-state index in [4.69, 9.17) is 0 Å². The molecule has 5 heteroatoms. The molecule has 3 heterocycles. The van der Waals surface area contributed by atoms with Gasteiger partial charge < -0.3 is 0 Å². The Morgan fingerprint density at radius 1 is 0.373 bits per heavy atom. The quantitative estimate of drug-likeness (QED) is 0.143. The van der Waals surface area contributed by atoms with Crippen LogP contribution in [0.25, 0.3) is 56.5 Å².